The van der Waals surface area contributed by atoms with Gasteiger partial charge in [-0.05, 0) is 67.6 Å². The Morgan fingerprint density at radius 3 is 2.41 bits per heavy atom. The van der Waals surface area contributed by atoms with Gasteiger partial charge in [-0.1, -0.05) is 31.4 Å². The molecule has 2 aromatic rings. The highest BCUT2D eigenvalue weighted by Gasteiger charge is 2.49. The van der Waals surface area contributed by atoms with Crippen LogP contribution < -0.4 is 4.74 Å². The van der Waals surface area contributed by atoms with E-state index >= 15 is 0 Å². The maximum absolute atomic E-state index is 13.3. The second-order valence-corrected chi connectivity index (χ2v) is 8.73. The van der Waals surface area contributed by atoms with Gasteiger partial charge in [0.2, 0.25) is 0 Å². The molecule has 1 atom stereocenters. The van der Waals surface area contributed by atoms with Crippen molar-refractivity contribution < 1.29 is 24.5 Å². The number of aliphatic hydroxyl groups is 1. The van der Waals surface area contributed by atoms with Gasteiger partial charge >= 0.3 is 0 Å². The highest BCUT2D eigenvalue weighted by atomic mass is 16.5. The van der Waals surface area contributed by atoms with Gasteiger partial charge in [-0.25, -0.2) is 0 Å². The van der Waals surface area contributed by atoms with Crippen molar-refractivity contribution in [1.29, 1.82) is 0 Å². The quantitative estimate of drug-likeness (QED) is 0.410. The first-order valence-corrected chi connectivity index (χ1v) is 11.1. The van der Waals surface area contributed by atoms with Crippen molar-refractivity contribution in [2.45, 2.75) is 58.0 Å². The summed E-state index contributed by atoms with van der Waals surface area (Å²) in [5.41, 5.74) is 2.73. The molecule has 2 N–H and O–H groups in total. The maximum atomic E-state index is 13.3. The molecule has 1 heterocycles. The molecule has 1 unspecified atom stereocenters. The zero-order valence-corrected chi connectivity index (χ0v) is 18.7. The Kier molecular flexibility index (Phi) is 5.96. The summed E-state index contributed by atoms with van der Waals surface area (Å²) >= 11 is 0. The van der Waals surface area contributed by atoms with Crippen molar-refractivity contribution in [3.8, 4) is 11.5 Å². The molecular weight excluding hydrogens is 406 g/mol. The van der Waals surface area contributed by atoms with Crippen molar-refractivity contribution in [3.05, 3.63) is 64.2 Å². The molecule has 1 saturated heterocycles. The number of ketones is 1. The number of nitrogens with zero attached hydrogens (tertiary/aromatic N) is 1. The number of phenolic OH excluding ortho intramolecular Hbond substituents is 1. The summed E-state index contributed by atoms with van der Waals surface area (Å²) < 4.78 is 5.37. The van der Waals surface area contributed by atoms with Gasteiger partial charge in [-0.2, -0.15) is 0 Å². The van der Waals surface area contributed by atoms with Gasteiger partial charge in [-0.15, -0.1) is 0 Å². The van der Waals surface area contributed by atoms with Crippen molar-refractivity contribution in [2.75, 3.05) is 7.11 Å². The number of carbonyl (C=O) groups is 2. The maximum Gasteiger partial charge on any atom is 0.295 e. The lowest BCUT2D eigenvalue weighted by Crippen LogP contribution is -2.40. The lowest BCUT2D eigenvalue weighted by molar-refractivity contribution is -0.141. The molecule has 6 nitrogen and oxygen atoms in total. The summed E-state index contributed by atoms with van der Waals surface area (Å²) in [4.78, 5) is 28.1. The summed E-state index contributed by atoms with van der Waals surface area (Å²) in [5.74, 6) is -0.735. The molecule has 0 bridgehead atoms. The lowest BCUT2D eigenvalue weighted by Gasteiger charge is -2.35. The van der Waals surface area contributed by atoms with Crippen molar-refractivity contribution >= 4 is 17.4 Å². The lowest BCUT2D eigenvalue weighted by atomic mass is 9.90. The molecule has 6 heteroatoms. The van der Waals surface area contributed by atoms with Gasteiger partial charge in [-0.3, -0.25) is 9.59 Å². The number of carbonyl (C=O) groups excluding carboxylic acids is 2. The number of aryl methyl sites for hydroxylation is 2. The number of phenols is 1. The van der Waals surface area contributed by atoms with Gasteiger partial charge in [0.25, 0.3) is 11.7 Å². The van der Waals surface area contributed by atoms with E-state index in [9.17, 15) is 19.8 Å². The minimum Gasteiger partial charge on any atom is -0.508 e. The second-order valence-electron chi connectivity index (χ2n) is 8.73. The Balaban J connectivity index is 1.91. The van der Waals surface area contributed by atoms with E-state index in [1.165, 1.54) is 0 Å². The Labute approximate surface area is 188 Å². The number of ether oxygens (including phenoxy) is 1. The fourth-order valence-electron chi connectivity index (χ4n) is 5.02. The third-order valence-corrected chi connectivity index (χ3v) is 6.63. The van der Waals surface area contributed by atoms with Gasteiger partial charge in [0.05, 0.1) is 18.7 Å². The second kappa shape index (κ2) is 8.69. The average Bonchev–Trinajstić information content (AvgIpc) is 3.06. The molecule has 1 saturated carbocycles. The van der Waals surface area contributed by atoms with E-state index in [1.807, 2.05) is 19.9 Å². The summed E-state index contributed by atoms with van der Waals surface area (Å²) in [5, 5.41) is 21.5. The minimum atomic E-state index is -0.744. The molecular formula is C26H29NO5. The van der Waals surface area contributed by atoms with Crippen LogP contribution in [0.2, 0.25) is 0 Å². The van der Waals surface area contributed by atoms with Gasteiger partial charge in [0.15, 0.2) is 0 Å². The fourth-order valence-corrected chi connectivity index (χ4v) is 5.02. The number of hydrogen-bond acceptors (Lipinski definition) is 5. The van der Waals surface area contributed by atoms with Crippen LogP contribution in [0.4, 0.5) is 0 Å². The fraction of sp³-hybridized carbons (Fsp3) is 0.385. The van der Waals surface area contributed by atoms with Crippen LogP contribution in [0.3, 0.4) is 0 Å². The zero-order valence-electron chi connectivity index (χ0n) is 18.7. The average molecular weight is 436 g/mol. The van der Waals surface area contributed by atoms with E-state index in [0.717, 1.165) is 43.2 Å². The number of benzene rings is 2. The number of rotatable bonds is 4. The van der Waals surface area contributed by atoms with E-state index in [1.54, 1.807) is 42.3 Å². The Hall–Kier alpha value is -3.28. The number of likely N-dealkylation sites (tertiary alicyclic amines) is 1. The molecule has 32 heavy (non-hydrogen) atoms. The third kappa shape index (κ3) is 3.74. The normalized spacial score (nSPS) is 21.2. The Bertz CT molecular complexity index is 1100. The van der Waals surface area contributed by atoms with Crippen molar-refractivity contribution in [1.82, 2.24) is 4.90 Å². The first kappa shape index (κ1) is 21.9. The van der Waals surface area contributed by atoms with E-state index in [2.05, 4.69) is 0 Å². The van der Waals surface area contributed by atoms with E-state index < -0.39 is 17.7 Å². The summed E-state index contributed by atoms with van der Waals surface area (Å²) in [7, 11) is 1.58. The minimum absolute atomic E-state index is 0.0493. The molecule has 0 aromatic heterocycles. The van der Waals surface area contributed by atoms with E-state index in [0.29, 0.717) is 16.9 Å². The van der Waals surface area contributed by atoms with Crippen LogP contribution in [0.1, 0.15) is 60.4 Å². The summed E-state index contributed by atoms with van der Waals surface area (Å²) in [6, 6.07) is 9.35. The van der Waals surface area contributed by atoms with Crippen LogP contribution in [0.5, 0.6) is 11.5 Å². The smallest absolute Gasteiger partial charge is 0.295 e. The van der Waals surface area contributed by atoms with Crippen LogP contribution in [0.15, 0.2) is 42.0 Å². The molecule has 4 rings (SSSR count). The first-order chi connectivity index (χ1) is 15.3. The largest absolute Gasteiger partial charge is 0.508 e. The van der Waals surface area contributed by atoms with Crippen LogP contribution in [-0.2, 0) is 9.59 Å². The standard InChI is InChI=1S/C26H29NO5/c1-15-13-21(32-3)16(2)12-20(15)24(29)22-23(17-8-7-11-19(28)14-17)27(26(31)25(22)30)18-9-5-4-6-10-18/h7-8,11-14,18,23,28-29H,4-6,9-10H2,1-3H3/b24-22+. The number of amides is 1. The molecule has 1 amide bonds. The highest BCUT2D eigenvalue weighted by Crippen LogP contribution is 2.44. The van der Waals surface area contributed by atoms with E-state index in [4.69, 9.17) is 4.74 Å². The molecule has 2 aromatic carbocycles. The van der Waals surface area contributed by atoms with Gasteiger partial charge < -0.3 is 19.8 Å². The summed E-state index contributed by atoms with van der Waals surface area (Å²) in [6.45, 7) is 3.69. The molecule has 1 aliphatic carbocycles. The highest BCUT2D eigenvalue weighted by molar-refractivity contribution is 6.46. The van der Waals surface area contributed by atoms with Crippen molar-refractivity contribution in [3.63, 3.8) is 0 Å². The Morgan fingerprint density at radius 2 is 1.75 bits per heavy atom. The predicted molar refractivity (Wildman–Crippen MR) is 122 cm³/mol. The topological polar surface area (TPSA) is 87.1 Å². The zero-order chi connectivity index (χ0) is 23.0. The summed E-state index contributed by atoms with van der Waals surface area (Å²) in [6.07, 6.45) is 4.75. The number of aromatic hydroxyl groups is 1. The van der Waals surface area contributed by atoms with Gasteiger partial charge in [0, 0.05) is 11.6 Å². The Morgan fingerprint density at radius 1 is 1.03 bits per heavy atom. The van der Waals surface area contributed by atoms with Gasteiger partial charge in [0.1, 0.15) is 17.3 Å². The molecule has 2 aliphatic rings. The third-order valence-electron chi connectivity index (χ3n) is 6.63. The SMILES string of the molecule is COc1cc(C)c(/C(O)=C2\C(=O)C(=O)N(C3CCCCC3)C2c2cccc(O)c2)cc1C. The van der Waals surface area contributed by atoms with Crippen molar-refractivity contribution in [2.24, 2.45) is 0 Å². The number of aliphatic hydroxyl groups excluding tert-OH is 1. The monoisotopic (exact) mass is 435 g/mol. The molecule has 168 valence electrons. The first-order valence-electron chi connectivity index (χ1n) is 11.1. The van der Waals surface area contributed by atoms with Crippen LogP contribution >= 0.6 is 0 Å². The van der Waals surface area contributed by atoms with Crippen LogP contribution in [0, 0.1) is 13.8 Å². The molecule has 1 aliphatic heterocycles. The number of methoxy groups -OCH3 is 1. The predicted octanol–water partition coefficient (Wildman–Crippen LogP) is 4.77. The van der Waals surface area contributed by atoms with Crippen LogP contribution in [0.25, 0.3) is 5.76 Å². The molecule has 2 fully saturated rings. The number of hydrogen-bond donors (Lipinski definition) is 2. The number of Topliss-reactive ketones (excluding diaryl/α,β-unsaturated/α-hetero) is 1. The van der Waals surface area contributed by atoms with E-state index in [-0.39, 0.29) is 23.1 Å². The molecule has 0 spiro atoms. The molecule has 0 radical (unpaired) electrons. The van der Waals surface area contributed by atoms with Crippen LogP contribution in [-0.4, -0.2) is 40.0 Å².